The predicted octanol–water partition coefficient (Wildman–Crippen LogP) is 3.79. The molecule has 0 aliphatic carbocycles. The number of fused-ring (bicyclic) bond motifs is 1. The van der Waals surface area contributed by atoms with E-state index < -0.39 is 0 Å². The second-order valence-corrected chi connectivity index (χ2v) is 7.57. The van der Waals surface area contributed by atoms with Crippen molar-refractivity contribution in [1.29, 1.82) is 0 Å². The molecule has 0 aliphatic heterocycles. The van der Waals surface area contributed by atoms with Gasteiger partial charge in [0.1, 0.15) is 0 Å². The number of nitrogens with zero attached hydrogens (tertiary/aromatic N) is 4. The van der Waals surface area contributed by atoms with E-state index in [4.69, 9.17) is 23.2 Å². The predicted molar refractivity (Wildman–Crippen MR) is 99.1 cm³/mol. The summed E-state index contributed by atoms with van der Waals surface area (Å²) in [7, 11) is 0. The quantitative estimate of drug-likeness (QED) is 0.665. The summed E-state index contributed by atoms with van der Waals surface area (Å²) >= 11 is 13.4. The van der Waals surface area contributed by atoms with Gasteiger partial charge in [-0.05, 0) is 37.6 Å². The Morgan fingerprint density at radius 3 is 2.84 bits per heavy atom. The van der Waals surface area contributed by atoms with Crippen molar-refractivity contribution in [3.63, 3.8) is 0 Å². The van der Waals surface area contributed by atoms with E-state index in [1.807, 2.05) is 13.0 Å². The summed E-state index contributed by atoms with van der Waals surface area (Å²) in [4.78, 5) is 20.8. The molecule has 0 fully saturated rings. The molecule has 0 bridgehead atoms. The van der Waals surface area contributed by atoms with E-state index in [2.05, 4.69) is 20.4 Å². The van der Waals surface area contributed by atoms with Gasteiger partial charge in [-0.25, -0.2) is 9.50 Å². The largest absolute Gasteiger partial charge is 0.349 e. The summed E-state index contributed by atoms with van der Waals surface area (Å²) in [5.41, 5.74) is 0.812. The van der Waals surface area contributed by atoms with Gasteiger partial charge in [0.2, 0.25) is 11.1 Å². The molecule has 2 heterocycles. The lowest BCUT2D eigenvalue weighted by atomic mass is 10.1. The highest BCUT2D eigenvalue weighted by molar-refractivity contribution is 8.00. The standard InChI is InChI=1S/C16H15Cl2N5OS/c1-9(12-5-4-11(17)8-13(12)18)20-14(24)10(2)25-16-21-15-19-6-3-7-23(15)22-16/h3-10H,1-2H3,(H,20,24)/t9-,10+/m1/s1. The van der Waals surface area contributed by atoms with Crippen molar-refractivity contribution in [3.05, 3.63) is 52.3 Å². The minimum atomic E-state index is -0.370. The normalized spacial score (nSPS) is 13.6. The number of aromatic nitrogens is 4. The fourth-order valence-corrected chi connectivity index (χ4v) is 3.57. The molecule has 0 radical (unpaired) electrons. The van der Waals surface area contributed by atoms with E-state index in [1.165, 1.54) is 11.8 Å². The Morgan fingerprint density at radius 2 is 2.12 bits per heavy atom. The van der Waals surface area contributed by atoms with E-state index in [1.54, 1.807) is 42.0 Å². The Bertz CT molecular complexity index is 883. The number of thioether (sulfide) groups is 1. The average Bonchev–Trinajstić information content (AvgIpc) is 2.96. The van der Waals surface area contributed by atoms with Crippen LogP contribution in [0.4, 0.5) is 0 Å². The second kappa shape index (κ2) is 7.59. The molecule has 0 spiro atoms. The van der Waals surface area contributed by atoms with Gasteiger partial charge >= 0.3 is 0 Å². The van der Waals surface area contributed by atoms with Crippen molar-refractivity contribution >= 4 is 46.6 Å². The minimum absolute atomic E-state index is 0.129. The lowest BCUT2D eigenvalue weighted by Crippen LogP contribution is -2.33. The molecule has 0 aliphatic rings. The molecule has 9 heteroatoms. The highest BCUT2D eigenvalue weighted by Gasteiger charge is 2.20. The number of carbonyl (C=O) groups is 1. The molecule has 0 unspecified atom stereocenters. The molecule has 2 aromatic heterocycles. The smallest absolute Gasteiger partial charge is 0.253 e. The van der Waals surface area contributed by atoms with Gasteiger partial charge in [0.25, 0.3) is 5.78 Å². The molecule has 130 valence electrons. The Morgan fingerprint density at radius 1 is 1.32 bits per heavy atom. The first-order valence-electron chi connectivity index (χ1n) is 7.53. The number of rotatable bonds is 5. The maximum atomic E-state index is 12.4. The summed E-state index contributed by atoms with van der Waals surface area (Å²) < 4.78 is 1.57. The lowest BCUT2D eigenvalue weighted by Gasteiger charge is -2.18. The topological polar surface area (TPSA) is 72.2 Å². The zero-order chi connectivity index (χ0) is 18.0. The summed E-state index contributed by atoms with van der Waals surface area (Å²) in [5, 5.41) is 8.44. The number of halogens is 2. The molecule has 2 atom stereocenters. The number of hydrogen-bond donors (Lipinski definition) is 1. The lowest BCUT2D eigenvalue weighted by molar-refractivity contribution is -0.120. The number of benzene rings is 1. The molecule has 3 aromatic rings. The first-order chi connectivity index (χ1) is 11.9. The van der Waals surface area contributed by atoms with Crippen molar-refractivity contribution in [2.75, 3.05) is 0 Å². The van der Waals surface area contributed by atoms with Crippen molar-refractivity contribution < 1.29 is 4.79 Å². The van der Waals surface area contributed by atoms with Crippen LogP contribution >= 0.6 is 35.0 Å². The minimum Gasteiger partial charge on any atom is -0.349 e. The van der Waals surface area contributed by atoms with Gasteiger partial charge in [0, 0.05) is 22.4 Å². The number of hydrogen-bond acceptors (Lipinski definition) is 5. The molecule has 1 aromatic carbocycles. The summed E-state index contributed by atoms with van der Waals surface area (Å²) in [6, 6.07) is 6.74. The van der Waals surface area contributed by atoms with Crippen molar-refractivity contribution in [2.45, 2.75) is 30.3 Å². The molecule has 25 heavy (non-hydrogen) atoms. The molecule has 1 amide bonds. The Balaban J connectivity index is 1.65. The third kappa shape index (κ3) is 4.23. The van der Waals surface area contributed by atoms with Gasteiger partial charge in [0.15, 0.2) is 0 Å². The maximum Gasteiger partial charge on any atom is 0.253 e. The number of nitrogens with one attached hydrogen (secondary N) is 1. The van der Waals surface area contributed by atoms with Crippen molar-refractivity contribution in [1.82, 2.24) is 24.9 Å². The van der Waals surface area contributed by atoms with Crippen LogP contribution in [0.2, 0.25) is 10.0 Å². The van der Waals surface area contributed by atoms with Gasteiger partial charge in [-0.15, -0.1) is 5.10 Å². The van der Waals surface area contributed by atoms with E-state index in [9.17, 15) is 4.79 Å². The van der Waals surface area contributed by atoms with E-state index >= 15 is 0 Å². The molecular weight excluding hydrogens is 381 g/mol. The fourth-order valence-electron chi connectivity index (χ4n) is 2.24. The van der Waals surface area contributed by atoms with Crippen LogP contribution < -0.4 is 5.32 Å². The average molecular weight is 396 g/mol. The van der Waals surface area contributed by atoms with Gasteiger partial charge in [-0.2, -0.15) is 4.98 Å². The highest BCUT2D eigenvalue weighted by atomic mass is 35.5. The van der Waals surface area contributed by atoms with Crippen LogP contribution in [0.1, 0.15) is 25.5 Å². The first kappa shape index (κ1) is 18.0. The summed E-state index contributed by atoms with van der Waals surface area (Å²) in [6.07, 6.45) is 3.40. The van der Waals surface area contributed by atoms with Crippen LogP contribution in [-0.2, 0) is 4.79 Å². The van der Waals surface area contributed by atoms with Crippen LogP contribution in [0.5, 0.6) is 0 Å². The van der Waals surface area contributed by atoms with E-state index in [-0.39, 0.29) is 17.2 Å². The van der Waals surface area contributed by atoms with Gasteiger partial charge in [-0.1, -0.05) is 41.0 Å². The molecule has 3 rings (SSSR count). The third-order valence-electron chi connectivity index (χ3n) is 3.54. The number of carbonyl (C=O) groups excluding carboxylic acids is 1. The Kier molecular flexibility index (Phi) is 5.46. The van der Waals surface area contributed by atoms with Crippen molar-refractivity contribution in [3.8, 4) is 0 Å². The molecule has 0 saturated heterocycles. The van der Waals surface area contributed by atoms with Gasteiger partial charge in [0.05, 0.1) is 11.3 Å². The van der Waals surface area contributed by atoms with Crippen LogP contribution in [0.25, 0.3) is 5.78 Å². The molecule has 1 N–H and O–H groups in total. The Hall–Kier alpha value is -1.83. The SMILES string of the molecule is C[C@H](Sc1nc2ncccn2n1)C(=O)N[C@H](C)c1ccc(Cl)cc1Cl. The van der Waals surface area contributed by atoms with Crippen LogP contribution in [0.15, 0.2) is 41.8 Å². The zero-order valence-electron chi connectivity index (χ0n) is 13.5. The second-order valence-electron chi connectivity index (χ2n) is 5.41. The first-order valence-corrected chi connectivity index (χ1v) is 9.17. The highest BCUT2D eigenvalue weighted by Crippen LogP contribution is 2.27. The Labute approximate surface area is 158 Å². The van der Waals surface area contributed by atoms with Crippen LogP contribution in [0, 0.1) is 0 Å². The van der Waals surface area contributed by atoms with Crippen LogP contribution in [-0.4, -0.2) is 30.7 Å². The van der Waals surface area contributed by atoms with E-state index in [0.717, 1.165) is 5.56 Å². The fraction of sp³-hybridized carbons (Fsp3) is 0.250. The summed E-state index contributed by atoms with van der Waals surface area (Å²) in [5.74, 6) is 0.370. The van der Waals surface area contributed by atoms with Gasteiger partial charge in [-0.3, -0.25) is 4.79 Å². The van der Waals surface area contributed by atoms with E-state index in [0.29, 0.717) is 21.0 Å². The molecule has 0 saturated carbocycles. The number of amides is 1. The van der Waals surface area contributed by atoms with Gasteiger partial charge < -0.3 is 5.32 Å². The molecular formula is C16H15Cl2N5OS. The molecule has 6 nitrogen and oxygen atoms in total. The monoisotopic (exact) mass is 395 g/mol. The third-order valence-corrected chi connectivity index (χ3v) is 5.05. The van der Waals surface area contributed by atoms with Crippen LogP contribution in [0.3, 0.4) is 0 Å². The zero-order valence-corrected chi connectivity index (χ0v) is 15.8. The summed E-state index contributed by atoms with van der Waals surface area (Å²) in [6.45, 7) is 3.67. The van der Waals surface area contributed by atoms with Crippen molar-refractivity contribution in [2.24, 2.45) is 0 Å². The maximum absolute atomic E-state index is 12.4.